The molecule has 1 aromatic heterocycles. The SMILES string of the molecule is NCc1c(CO)ncc(C(F)(F)F)c1OC(F)(F)F. The number of hydrogen-bond donors (Lipinski definition) is 2. The highest BCUT2D eigenvalue weighted by atomic mass is 19.4. The van der Waals surface area contributed by atoms with E-state index in [2.05, 4.69) is 9.72 Å². The van der Waals surface area contributed by atoms with Crippen molar-refractivity contribution in [1.29, 1.82) is 0 Å². The van der Waals surface area contributed by atoms with Gasteiger partial charge < -0.3 is 15.6 Å². The Morgan fingerprint density at radius 3 is 2.16 bits per heavy atom. The minimum atomic E-state index is -5.32. The maximum absolute atomic E-state index is 12.6. The average Bonchev–Trinajstić information content (AvgIpc) is 2.24. The Labute approximate surface area is 102 Å². The van der Waals surface area contributed by atoms with Gasteiger partial charge in [-0.25, -0.2) is 0 Å². The maximum atomic E-state index is 12.6. The lowest BCUT2D eigenvalue weighted by Gasteiger charge is -2.19. The van der Waals surface area contributed by atoms with Gasteiger partial charge in [0.1, 0.15) is 11.3 Å². The molecule has 0 spiro atoms. The quantitative estimate of drug-likeness (QED) is 0.835. The van der Waals surface area contributed by atoms with Crippen LogP contribution in [0, 0.1) is 0 Å². The monoisotopic (exact) mass is 290 g/mol. The second-order valence-electron chi connectivity index (χ2n) is 3.33. The Hall–Kier alpha value is -1.55. The summed E-state index contributed by atoms with van der Waals surface area (Å²) in [4.78, 5) is 3.23. The van der Waals surface area contributed by atoms with Gasteiger partial charge in [-0.2, -0.15) is 13.2 Å². The molecule has 1 heterocycles. The van der Waals surface area contributed by atoms with Crippen LogP contribution in [0.4, 0.5) is 26.3 Å². The lowest BCUT2D eigenvalue weighted by molar-refractivity contribution is -0.276. The molecule has 0 atom stereocenters. The normalized spacial score (nSPS) is 12.6. The van der Waals surface area contributed by atoms with E-state index in [1.807, 2.05) is 0 Å². The number of alkyl halides is 6. The second kappa shape index (κ2) is 5.21. The van der Waals surface area contributed by atoms with Crippen LogP contribution in [0.1, 0.15) is 16.8 Å². The highest BCUT2D eigenvalue weighted by Gasteiger charge is 2.41. The molecule has 0 aliphatic heterocycles. The molecule has 0 aliphatic rings. The Kier molecular flexibility index (Phi) is 4.25. The zero-order valence-corrected chi connectivity index (χ0v) is 9.14. The minimum Gasteiger partial charge on any atom is -0.405 e. The van der Waals surface area contributed by atoms with Crippen molar-refractivity contribution in [3.05, 3.63) is 23.0 Å². The first kappa shape index (κ1) is 15.5. The van der Waals surface area contributed by atoms with E-state index in [9.17, 15) is 26.3 Å². The predicted molar refractivity (Wildman–Crippen MR) is 49.7 cm³/mol. The molecule has 0 aliphatic carbocycles. The first-order chi connectivity index (χ1) is 8.60. The number of aliphatic hydroxyl groups excluding tert-OH is 1. The summed E-state index contributed by atoms with van der Waals surface area (Å²) in [5.41, 5.74) is 2.33. The van der Waals surface area contributed by atoms with Crippen molar-refractivity contribution in [2.45, 2.75) is 25.7 Å². The van der Waals surface area contributed by atoms with Gasteiger partial charge in [0, 0.05) is 18.3 Å². The Morgan fingerprint density at radius 2 is 1.79 bits per heavy atom. The molecule has 0 saturated carbocycles. The minimum absolute atomic E-state index is 0.159. The van der Waals surface area contributed by atoms with Crippen LogP contribution in [0.2, 0.25) is 0 Å². The van der Waals surface area contributed by atoms with Crippen molar-refractivity contribution in [3.8, 4) is 5.75 Å². The lowest BCUT2D eigenvalue weighted by Crippen LogP contribution is -2.23. The van der Waals surface area contributed by atoms with E-state index in [4.69, 9.17) is 10.8 Å². The first-order valence-corrected chi connectivity index (χ1v) is 4.74. The molecule has 0 radical (unpaired) electrons. The summed E-state index contributed by atoms with van der Waals surface area (Å²) >= 11 is 0. The molecule has 0 bridgehead atoms. The number of nitrogens with zero attached hydrogens (tertiary/aromatic N) is 1. The summed E-state index contributed by atoms with van der Waals surface area (Å²) in [6, 6.07) is 0. The lowest BCUT2D eigenvalue weighted by atomic mass is 10.1. The fourth-order valence-corrected chi connectivity index (χ4v) is 1.35. The molecular weight excluding hydrogens is 282 g/mol. The molecule has 0 aromatic carbocycles. The largest absolute Gasteiger partial charge is 0.573 e. The summed E-state index contributed by atoms with van der Waals surface area (Å²) in [5.74, 6) is -1.48. The van der Waals surface area contributed by atoms with Gasteiger partial charge in [0.2, 0.25) is 0 Å². The van der Waals surface area contributed by atoms with Crippen LogP contribution in [0.3, 0.4) is 0 Å². The van der Waals surface area contributed by atoms with Crippen LogP contribution in [-0.4, -0.2) is 16.5 Å². The van der Waals surface area contributed by atoms with Gasteiger partial charge in [-0.3, -0.25) is 4.98 Å². The molecule has 4 nitrogen and oxygen atoms in total. The Balaban J connectivity index is 3.49. The van der Waals surface area contributed by atoms with Gasteiger partial charge >= 0.3 is 12.5 Å². The van der Waals surface area contributed by atoms with E-state index < -0.39 is 48.3 Å². The number of halogens is 6. The van der Waals surface area contributed by atoms with Crippen LogP contribution in [0.5, 0.6) is 5.75 Å². The molecule has 0 saturated heterocycles. The molecule has 19 heavy (non-hydrogen) atoms. The van der Waals surface area contributed by atoms with Gasteiger partial charge in [-0.15, -0.1) is 13.2 Å². The Bertz CT molecular complexity index is 457. The van der Waals surface area contributed by atoms with Gasteiger partial charge in [0.25, 0.3) is 0 Å². The molecule has 108 valence electrons. The molecule has 1 aromatic rings. The first-order valence-electron chi connectivity index (χ1n) is 4.74. The van der Waals surface area contributed by atoms with Crippen molar-refractivity contribution in [2.75, 3.05) is 0 Å². The topological polar surface area (TPSA) is 68.4 Å². The van der Waals surface area contributed by atoms with Crippen molar-refractivity contribution in [1.82, 2.24) is 4.98 Å². The third-order valence-corrected chi connectivity index (χ3v) is 2.09. The Morgan fingerprint density at radius 1 is 1.21 bits per heavy atom. The third kappa shape index (κ3) is 3.70. The van der Waals surface area contributed by atoms with Crippen LogP contribution in [-0.2, 0) is 19.3 Å². The smallest absolute Gasteiger partial charge is 0.405 e. The summed E-state index contributed by atoms with van der Waals surface area (Å²) in [6.07, 6.45) is -10.3. The predicted octanol–water partition coefficient (Wildman–Crippen LogP) is 1.95. The summed E-state index contributed by atoms with van der Waals surface area (Å²) in [5, 5.41) is 8.83. The van der Waals surface area contributed by atoms with Gasteiger partial charge in [-0.05, 0) is 0 Å². The van der Waals surface area contributed by atoms with E-state index in [0.717, 1.165) is 0 Å². The van der Waals surface area contributed by atoms with Crippen LogP contribution in [0.15, 0.2) is 6.20 Å². The van der Waals surface area contributed by atoms with E-state index in [1.54, 1.807) is 0 Å². The number of nitrogens with two attached hydrogens (primary N) is 1. The van der Waals surface area contributed by atoms with E-state index in [-0.39, 0.29) is 6.20 Å². The molecule has 0 unspecified atom stereocenters. The van der Waals surface area contributed by atoms with E-state index in [0.29, 0.717) is 0 Å². The molecule has 0 fully saturated rings. The van der Waals surface area contributed by atoms with E-state index >= 15 is 0 Å². The van der Waals surface area contributed by atoms with Crippen LogP contribution >= 0.6 is 0 Å². The zero-order chi connectivity index (χ0) is 14.8. The maximum Gasteiger partial charge on any atom is 0.573 e. The molecule has 3 N–H and O–H groups in total. The van der Waals surface area contributed by atoms with Crippen molar-refractivity contribution in [2.24, 2.45) is 5.73 Å². The number of aromatic nitrogens is 1. The summed E-state index contributed by atoms with van der Waals surface area (Å²) < 4.78 is 77.6. The van der Waals surface area contributed by atoms with Gasteiger partial charge in [0.05, 0.1) is 12.3 Å². The van der Waals surface area contributed by atoms with E-state index in [1.165, 1.54) is 0 Å². The number of hydrogen-bond acceptors (Lipinski definition) is 4. The van der Waals surface area contributed by atoms with Gasteiger partial charge in [-0.1, -0.05) is 0 Å². The number of pyridine rings is 1. The van der Waals surface area contributed by atoms with Crippen molar-refractivity contribution in [3.63, 3.8) is 0 Å². The van der Waals surface area contributed by atoms with Gasteiger partial charge in [0.15, 0.2) is 0 Å². The van der Waals surface area contributed by atoms with Crippen LogP contribution in [0.25, 0.3) is 0 Å². The van der Waals surface area contributed by atoms with Crippen LogP contribution < -0.4 is 10.5 Å². The highest BCUT2D eigenvalue weighted by Crippen LogP contribution is 2.40. The number of rotatable bonds is 3. The van der Waals surface area contributed by atoms with Crippen molar-refractivity contribution < 1.29 is 36.2 Å². The number of aliphatic hydroxyl groups is 1. The number of ether oxygens (including phenoxy) is 1. The second-order valence-corrected chi connectivity index (χ2v) is 3.33. The highest BCUT2D eigenvalue weighted by molar-refractivity contribution is 5.44. The molecule has 0 amide bonds. The van der Waals surface area contributed by atoms with Crippen molar-refractivity contribution >= 4 is 0 Å². The fraction of sp³-hybridized carbons (Fsp3) is 0.444. The summed E-state index contributed by atoms with van der Waals surface area (Å²) in [7, 11) is 0. The zero-order valence-electron chi connectivity index (χ0n) is 9.14. The average molecular weight is 290 g/mol. The fourth-order valence-electron chi connectivity index (χ4n) is 1.35. The molecule has 10 heteroatoms. The standard InChI is InChI=1S/C9H8F6N2O2/c10-8(11,12)5-2-17-6(3-18)4(1-16)7(5)19-9(13,14)15/h2,18H,1,3,16H2. The summed E-state index contributed by atoms with van der Waals surface area (Å²) in [6.45, 7) is -1.56. The molecule has 1 rings (SSSR count). The third-order valence-electron chi connectivity index (χ3n) is 2.09. The molecular formula is C9H8F6N2O2.